The molecule has 0 fully saturated rings. The predicted molar refractivity (Wildman–Crippen MR) is 122 cm³/mol. The van der Waals surface area contributed by atoms with Gasteiger partial charge >= 0.3 is 0 Å². The van der Waals surface area contributed by atoms with Crippen LogP contribution in [0.25, 0.3) is 0 Å². The molecule has 2 N–H and O–H groups in total. The largest absolute Gasteiger partial charge is 0.386 e. The van der Waals surface area contributed by atoms with Crippen molar-refractivity contribution in [1.29, 1.82) is 0 Å². The van der Waals surface area contributed by atoms with Crippen molar-refractivity contribution >= 4 is 26.7 Å². The maximum atomic E-state index is 13.2. The van der Waals surface area contributed by atoms with E-state index in [0.29, 0.717) is 5.56 Å². The highest BCUT2D eigenvalue weighted by Gasteiger charge is 2.23. The molecule has 156 valence electrons. The Hall–Kier alpha value is -2.77. The molecule has 0 heterocycles. The Bertz CT molecular complexity index is 1140. The van der Waals surface area contributed by atoms with Crippen LogP contribution in [0.1, 0.15) is 27.5 Å². The molecular formula is C23H24N2O3S2. The lowest BCUT2D eigenvalue weighted by Gasteiger charge is -2.17. The van der Waals surface area contributed by atoms with Gasteiger partial charge in [-0.05, 0) is 36.6 Å². The molecule has 0 aliphatic carbocycles. The van der Waals surface area contributed by atoms with Crippen molar-refractivity contribution in [2.24, 2.45) is 10.1 Å². The van der Waals surface area contributed by atoms with Crippen molar-refractivity contribution in [3.05, 3.63) is 101 Å². The first-order valence-corrected chi connectivity index (χ1v) is 12.2. The van der Waals surface area contributed by atoms with E-state index in [9.17, 15) is 12.6 Å². The Morgan fingerprint density at radius 3 is 1.97 bits per heavy atom. The number of amidine groups is 1. The number of nitrogens with zero attached hydrogens (tertiary/aromatic N) is 1. The zero-order chi connectivity index (χ0) is 21.7. The third-order valence-electron chi connectivity index (χ3n) is 4.60. The van der Waals surface area contributed by atoms with Gasteiger partial charge in [0.05, 0.1) is 15.9 Å². The first kappa shape index (κ1) is 21.9. The number of benzene rings is 3. The normalized spacial score (nSPS) is 13.4. The Morgan fingerprint density at radius 2 is 1.47 bits per heavy atom. The molecule has 3 aromatic carbocycles. The molecular weight excluding hydrogens is 416 g/mol. The molecule has 3 rings (SSSR count). The molecule has 5 nitrogen and oxygen atoms in total. The minimum absolute atomic E-state index is 0.101. The standard InChI is InChI=1S/C23H24N2O3S2/c1-17-13-14-21(18(2)15-17)30(27,28)25-22(24)16-29(26)23(19-9-5-3-6-10-19)20-11-7-4-8-12-20/h3-15,23H,16H2,1-2H3,(H2,24,25). The third-order valence-corrected chi connectivity index (χ3v) is 7.74. The summed E-state index contributed by atoms with van der Waals surface area (Å²) in [5.74, 6) is -0.330. The summed E-state index contributed by atoms with van der Waals surface area (Å²) in [7, 11) is -5.49. The predicted octanol–water partition coefficient (Wildman–Crippen LogP) is 3.89. The molecule has 0 saturated heterocycles. The summed E-state index contributed by atoms with van der Waals surface area (Å²) in [6.07, 6.45) is 0. The van der Waals surface area contributed by atoms with Crippen LogP contribution in [-0.2, 0) is 20.8 Å². The minimum atomic E-state index is -3.98. The first-order valence-electron chi connectivity index (χ1n) is 9.41. The lowest BCUT2D eigenvalue weighted by Crippen LogP contribution is -2.25. The number of hydrogen-bond acceptors (Lipinski definition) is 3. The monoisotopic (exact) mass is 440 g/mol. The topological polar surface area (TPSA) is 89.6 Å². The summed E-state index contributed by atoms with van der Waals surface area (Å²) in [5, 5.41) is -0.440. The van der Waals surface area contributed by atoms with Crippen molar-refractivity contribution in [3.8, 4) is 0 Å². The molecule has 1 unspecified atom stereocenters. The minimum Gasteiger partial charge on any atom is -0.386 e. The number of nitrogens with two attached hydrogens (primary N) is 1. The molecule has 7 heteroatoms. The Labute approximate surface area is 180 Å². The first-order chi connectivity index (χ1) is 14.3. The van der Waals surface area contributed by atoms with Gasteiger partial charge in [0, 0.05) is 10.8 Å². The van der Waals surface area contributed by atoms with Gasteiger partial charge in [-0.3, -0.25) is 4.21 Å². The van der Waals surface area contributed by atoms with Crippen molar-refractivity contribution in [2.45, 2.75) is 24.0 Å². The SMILES string of the molecule is Cc1ccc(S(=O)(=O)/N=C(\N)CS(=O)C(c2ccccc2)c2ccccc2)c(C)c1. The second kappa shape index (κ2) is 9.36. The quantitative estimate of drug-likeness (QED) is 0.446. The van der Waals surface area contributed by atoms with Crippen LogP contribution < -0.4 is 5.73 Å². The van der Waals surface area contributed by atoms with Gasteiger partial charge in [0.2, 0.25) is 0 Å². The van der Waals surface area contributed by atoms with E-state index in [1.54, 1.807) is 19.1 Å². The molecule has 0 bridgehead atoms. The van der Waals surface area contributed by atoms with E-state index in [2.05, 4.69) is 4.40 Å². The Kier molecular flexibility index (Phi) is 6.84. The average molecular weight is 441 g/mol. The van der Waals surface area contributed by atoms with E-state index in [-0.39, 0.29) is 16.5 Å². The molecule has 0 aliphatic rings. The maximum Gasteiger partial charge on any atom is 0.284 e. The lowest BCUT2D eigenvalue weighted by molar-refractivity contribution is 0.597. The van der Waals surface area contributed by atoms with E-state index in [1.165, 1.54) is 6.07 Å². The van der Waals surface area contributed by atoms with Gasteiger partial charge in [-0.1, -0.05) is 78.4 Å². The highest BCUT2D eigenvalue weighted by Crippen LogP contribution is 2.28. The van der Waals surface area contributed by atoms with Crippen molar-refractivity contribution in [2.75, 3.05) is 5.75 Å². The maximum absolute atomic E-state index is 13.2. The van der Waals surface area contributed by atoms with E-state index in [4.69, 9.17) is 5.73 Å². The molecule has 0 aliphatic heterocycles. The summed E-state index contributed by atoms with van der Waals surface area (Å²) >= 11 is 0. The summed E-state index contributed by atoms with van der Waals surface area (Å²) in [5.41, 5.74) is 9.24. The van der Waals surface area contributed by atoms with Crippen LogP contribution in [0, 0.1) is 13.8 Å². The molecule has 1 atom stereocenters. The molecule has 0 radical (unpaired) electrons. The summed E-state index contributed by atoms with van der Waals surface area (Å²) in [4.78, 5) is 0.101. The van der Waals surface area contributed by atoms with Crippen LogP contribution in [0.4, 0.5) is 0 Å². The Balaban J connectivity index is 1.90. The highest BCUT2D eigenvalue weighted by atomic mass is 32.2. The van der Waals surface area contributed by atoms with Crippen LogP contribution in [0.5, 0.6) is 0 Å². The van der Waals surface area contributed by atoms with E-state index in [1.807, 2.05) is 67.6 Å². The molecule has 3 aromatic rings. The van der Waals surface area contributed by atoms with Crippen molar-refractivity contribution in [3.63, 3.8) is 0 Å². The fourth-order valence-electron chi connectivity index (χ4n) is 3.30. The summed E-state index contributed by atoms with van der Waals surface area (Å²) < 4.78 is 42.4. The second-order valence-corrected chi connectivity index (χ2v) is 10.1. The van der Waals surface area contributed by atoms with Crippen LogP contribution in [-0.4, -0.2) is 24.2 Å². The van der Waals surface area contributed by atoms with Crippen molar-refractivity contribution < 1.29 is 12.6 Å². The number of aryl methyl sites for hydroxylation is 2. The summed E-state index contributed by atoms with van der Waals surface area (Å²) in [6.45, 7) is 3.60. The van der Waals surface area contributed by atoms with E-state index in [0.717, 1.165) is 16.7 Å². The highest BCUT2D eigenvalue weighted by molar-refractivity contribution is 7.90. The van der Waals surface area contributed by atoms with Gasteiger partial charge in [-0.15, -0.1) is 4.40 Å². The molecule has 0 saturated carbocycles. The number of sulfonamides is 1. The average Bonchev–Trinajstić information content (AvgIpc) is 2.69. The zero-order valence-corrected chi connectivity index (χ0v) is 18.5. The Morgan fingerprint density at radius 1 is 0.933 bits per heavy atom. The van der Waals surface area contributed by atoms with E-state index >= 15 is 0 Å². The van der Waals surface area contributed by atoms with Crippen LogP contribution in [0.15, 0.2) is 88.2 Å². The van der Waals surface area contributed by atoms with E-state index < -0.39 is 26.1 Å². The smallest absolute Gasteiger partial charge is 0.284 e. The van der Waals surface area contributed by atoms with Crippen molar-refractivity contribution in [1.82, 2.24) is 0 Å². The third kappa shape index (κ3) is 5.23. The van der Waals surface area contributed by atoms with Crippen LogP contribution >= 0.6 is 0 Å². The molecule has 0 amide bonds. The van der Waals surface area contributed by atoms with Gasteiger partial charge < -0.3 is 5.73 Å². The summed E-state index contributed by atoms with van der Waals surface area (Å²) in [6, 6.07) is 23.9. The van der Waals surface area contributed by atoms with Gasteiger partial charge in [-0.25, -0.2) is 0 Å². The molecule has 0 spiro atoms. The zero-order valence-electron chi connectivity index (χ0n) is 16.9. The van der Waals surface area contributed by atoms with Gasteiger partial charge in [0.1, 0.15) is 5.84 Å². The number of rotatable bonds is 7. The van der Waals surface area contributed by atoms with Crippen LogP contribution in [0.2, 0.25) is 0 Å². The fraction of sp³-hybridized carbons (Fsp3) is 0.174. The molecule has 30 heavy (non-hydrogen) atoms. The van der Waals surface area contributed by atoms with Gasteiger partial charge in [0.25, 0.3) is 10.0 Å². The number of hydrogen-bond donors (Lipinski definition) is 1. The second-order valence-electron chi connectivity index (χ2n) is 7.05. The van der Waals surface area contributed by atoms with Gasteiger partial charge in [-0.2, -0.15) is 8.42 Å². The van der Waals surface area contributed by atoms with Gasteiger partial charge in [0.15, 0.2) is 0 Å². The molecule has 0 aromatic heterocycles. The fourth-order valence-corrected chi connectivity index (χ4v) is 6.00. The lowest BCUT2D eigenvalue weighted by atomic mass is 10.0. The van der Waals surface area contributed by atoms with Crippen LogP contribution in [0.3, 0.4) is 0 Å².